The lowest BCUT2D eigenvalue weighted by molar-refractivity contribution is 0.0939. The van der Waals surface area contributed by atoms with Gasteiger partial charge in [-0.15, -0.1) is 0 Å². The second-order valence-electron chi connectivity index (χ2n) is 6.55. The number of aliphatic hydroxyl groups is 1. The summed E-state index contributed by atoms with van der Waals surface area (Å²) in [6.45, 7) is 0.133. The lowest BCUT2D eigenvalue weighted by Gasteiger charge is -2.23. The van der Waals surface area contributed by atoms with Crippen LogP contribution in [0.5, 0.6) is 5.75 Å². The van der Waals surface area contributed by atoms with Crippen molar-refractivity contribution < 1.29 is 14.6 Å². The predicted octanol–water partition coefficient (Wildman–Crippen LogP) is 3.06. The average Bonchev–Trinajstić information content (AvgIpc) is 3.03. The van der Waals surface area contributed by atoms with Crippen LogP contribution in [0.15, 0.2) is 36.4 Å². The third-order valence-corrected chi connectivity index (χ3v) is 4.67. The van der Waals surface area contributed by atoms with Crippen LogP contribution in [-0.4, -0.2) is 29.8 Å². The Hall–Kier alpha value is -1.81. The second-order valence-corrected chi connectivity index (χ2v) is 6.55. The van der Waals surface area contributed by atoms with E-state index < -0.39 is 0 Å². The van der Waals surface area contributed by atoms with Gasteiger partial charge in [0.15, 0.2) is 0 Å². The number of hydrogen-bond donors (Lipinski definition) is 2. The number of hydrogen-bond acceptors (Lipinski definition) is 3. The van der Waals surface area contributed by atoms with Gasteiger partial charge in [-0.05, 0) is 50.3 Å². The molecule has 0 unspecified atom stereocenters. The van der Waals surface area contributed by atoms with E-state index in [1.54, 1.807) is 0 Å². The van der Waals surface area contributed by atoms with Gasteiger partial charge in [0.25, 0.3) is 5.91 Å². The van der Waals surface area contributed by atoms with Crippen LogP contribution in [0.2, 0.25) is 0 Å². The molecule has 2 N–H and O–H groups in total. The van der Waals surface area contributed by atoms with Gasteiger partial charge >= 0.3 is 0 Å². The molecule has 0 saturated heterocycles. The Morgan fingerprint density at radius 2 is 2.04 bits per heavy atom. The van der Waals surface area contributed by atoms with Gasteiger partial charge in [-0.2, -0.15) is 0 Å². The molecule has 0 bridgehead atoms. The van der Waals surface area contributed by atoms with Crippen LogP contribution in [0.1, 0.15) is 48.9 Å². The number of amides is 1. The minimum absolute atomic E-state index is 0.00238. The lowest BCUT2D eigenvalue weighted by atomic mass is 9.98. The summed E-state index contributed by atoms with van der Waals surface area (Å²) in [6.07, 6.45) is 10.9. The fourth-order valence-electron chi connectivity index (χ4n) is 3.35. The number of ether oxygens (including phenoxy) is 1. The first-order chi connectivity index (χ1) is 11.2. The van der Waals surface area contributed by atoms with Crippen molar-refractivity contribution in [3.05, 3.63) is 42.0 Å². The van der Waals surface area contributed by atoms with Gasteiger partial charge in [-0.1, -0.05) is 24.6 Å². The van der Waals surface area contributed by atoms with E-state index in [-0.39, 0.29) is 30.6 Å². The largest absolute Gasteiger partial charge is 0.490 e. The molecule has 23 heavy (non-hydrogen) atoms. The first-order valence-corrected chi connectivity index (χ1v) is 8.61. The van der Waals surface area contributed by atoms with Crippen LogP contribution in [0, 0.1) is 5.92 Å². The molecule has 2 atom stereocenters. The first kappa shape index (κ1) is 16.1. The van der Waals surface area contributed by atoms with Crippen molar-refractivity contribution in [2.75, 3.05) is 6.61 Å². The molecule has 0 aromatic heterocycles. The molecule has 4 nitrogen and oxygen atoms in total. The Bertz CT molecular complexity index is 563. The molecule has 0 heterocycles. The number of carbonyl (C=O) groups is 1. The minimum Gasteiger partial charge on any atom is -0.490 e. The molecular weight excluding hydrogens is 290 g/mol. The standard InChI is InChI=1S/C19H25NO3/c21-13-14-9-10-16(11-14)20-19(22)15-5-4-8-18(12-15)23-17-6-2-1-3-7-17/h4-5,8-10,12,14,16-17,21H,1-3,6-7,11,13H2,(H,20,22)/t14-,16+/m0/s1. The van der Waals surface area contributed by atoms with E-state index in [1.165, 1.54) is 19.3 Å². The number of benzene rings is 1. The second kappa shape index (κ2) is 7.64. The smallest absolute Gasteiger partial charge is 0.251 e. The quantitative estimate of drug-likeness (QED) is 0.821. The minimum atomic E-state index is -0.0904. The van der Waals surface area contributed by atoms with Crippen LogP contribution in [-0.2, 0) is 0 Å². The molecule has 2 aliphatic rings. The summed E-state index contributed by atoms with van der Waals surface area (Å²) in [6, 6.07) is 7.43. The third kappa shape index (κ3) is 4.35. The van der Waals surface area contributed by atoms with E-state index in [0.717, 1.165) is 25.0 Å². The molecule has 0 aliphatic heterocycles. The van der Waals surface area contributed by atoms with Crippen molar-refractivity contribution in [2.24, 2.45) is 5.92 Å². The normalized spacial score (nSPS) is 24.6. The van der Waals surface area contributed by atoms with Gasteiger partial charge in [0.05, 0.1) is 6.10 Å². The summed E-state index contributed by atoms with van der Waals surface area (Å²) in [5, 5.41) is 12.1. The highest BCUT2D eigenvalue weighted by atomic mass is 16.5. The fourth-order valence-corrected chi connectivity index (χ4v) is 3.35. The van der Waals surface area contributed by atoms with Crippen molar-refractivity contribution in [1.82, 2.24) is 5.32 Å². The fraction of sp³-hybridized carbons (Fsp3) is 0.526. The summed E-state index contributed by atoms with van der Waals surface area (Å²) in [5.74, 6) is 0.841. The summed E-state index contributed by atoms with van der Waals surface area (Å²) in [7, 11) is 0. The van der Waals surface area contributed by atoms with Crippen LogP contribution < -0.4 is 10.1 Å². The summed E-state index contributed by atoms with van der Waals surface area (Å²) in [4.78, 5) is 12.4. The van der Waals surface area contributed by atoms with Crippen LogP contribution in [0.4, 0.5) is 0 Å². The van der Waals surface area contributed by atoms with Gasteiger partial charge in [0, 0.05) is 24.1 Å². The monoisotopic (exact) mass is 315 g/mol. The molecule has 3 rings (SSSR count). The highest BCUT2D eigenvalue weighted by molar-refractivity contribution is 5.94. The SMILES string of the molecule is O=C(N[C@@H]1C=C[C@H](CO)C1)c1cccc(OC2CCCCC2)c1. The van der Waals surface area contributed by atoms with Crippen LogP contribution in [0.3, 0.4) is 0 Å². The van der Waals surface area contributed by atoms with E-state index in [2.05, 4.69) is 5.32 Å². The topological polar surface area (TPSA) is 58.6 Å². The number of rotatable bonds is 5. The van der Waals surface area contributed by atoms with E-state index in [4.69, 9.17) is 9.84 Å². The Labute approximate surface area is 137 Å². The maximum Gasteiger partial charge on any atom is 0.251 e. The molecule has 1 aromatic rings. The molecule has 124 valence electrons. The van der Waals surface area contributed by atoms with Gasteiger partial charge in [-0.3, -0.25) is 4.79 Å². The van der Waals surface area contributed by atoms with Gasteiger partial charge < -0.3 is 15.2 Å². The Morgan fingerprint density at radius 3 is 2.78 bits per heavy atom. The van der Waals surface area contributed by atoms with Crippen molar-refractivity contribution in [2.45, 2.75) is 50.7 Å². The van der Waals surface area contributed by atoms with Crippen molar-refractivity contribution >= 4 is 5.91 Å². The molecule has 0 radical (unpaired) electrons. The van der Waals surface area contributed by atoms with Gasteiger partial charge in [0.1, 0.15) is 5.75 Å². The average molecular weight is 315 g/mol. The molecule has 2 aliphatic carbocycles. The molecular formula is C19H25NO3. The zero-order valence-electron chi connectivity index (χ0n) is 13.4. The van der Waals surface area contributed by atoms with E-state index in [0.29, 0.717) is 5.56 Å². The van der Waals surface area contributed by atoms with Crippen molar-refractivity contribution in [3.63, 3.8) is 0 Å². The number of carbonyl (C=O) groups excluding carboxylic acids is 1. The molecule has 1 saturated carbocycles. The number of aliphatic hydroxyl groups excluding tert-OH is 1. The van der Waals surface area contributed by atoms with Crippen molar-refractivity contribution in [3.8, 4) is 5.75 Å². The Morgan fingerprint density at radius 1 is 1.22 bits per heavy atom. The zero-order chi connectivity index (χ0) is 16.1. The van der Waals surface area contributed by atoms with E-state index >= 15 is 0 Å². The van der Waals surface area contributed by atoms with Crippen molar-refractivity contribution in [1.29, 1.82) is 0 Å². The summed E-state index contributed by atoms with van der Waals surface area (Å²) in [5.41, 5.74) is 0.624. The molecule has 0 spiro atoms. The Balaban J connectivity index is 1.58. The van der Waals surface area contributed by atoms with Crippen LogP contribution >= 0.6 is 0 Å². The van der Waals surface area contributed by atoms with Crippen LogP contribution in [0.25, 0.3) is 0 Å². The summed E-state index contributed by atoms with van der Waals surface area (Å²) >= 11 is 0. The molecule has 1 aromatic carbocycles. The lowest BCUT2D eigenvalue weighted by Crippen LogP contribution is -2.32. The Kier molecular flexibility index (Phi) is 5.34. The maximum absolute atomic E-state index is 12.4. The van der Waals surface area contributed by atoms with Gasteiger partial charge in [-0.25, -0.2) is 0 Å². The summed E-state index contributed by atoms with van der Waals surface area (Å²) < 4.78 is 6.02. The molecule has 1 fully saturated rings. The first-order valence-electron chi connectivity index (χ1n) is 8.61. The highest BCUT2D eigenvalue weighted by Crippen LogP contribution is 2.24. The third-order valence-electron chi connectivity index (χ3n) is 4.67. The maximum atomic E-state index is 12.4. The van der Waals surface area contributed by atoms with Gasteiger partial charge in [0.2, 0.25) is 0 Å². The van der Waals surface area contributed by atoms with E-state index in [9.17, 15) is 4.79 Å². The predicted molar refractivity (Wildman–Crippen MR) is 89.5 cm³/mol. The zero-order valence-corrected chi connectivity index (χ0v) is 13.4. The molecule has 1 amide bonds. The molecule has 4 heteroatoms. The highest BCUT2D eigenvalue weighted by Gasteiger charge is 2.21. The number of nitrogens with one attached hydrogen (secondary N) is 1. The van der Waals surface area contributed by atoms with E-state index in [1.807, 2.05) is 36.4 Å².